The first-order chi connectivity index (χ1) is 14.3. The number of nitrogens with zero attached hydrogens (tertiary/aromatic N) is 3. The summed E-state index contributed by atoms with van der Waals surface area (Å²) in [7, 11) is -3.81. The second kappa shape index (κ2) is 8.99. The second-order valence-corrected chi connectivity index (χ2v) is 8.84. The quantitative estimate of drug-likeness (QED) is 0.525. The number of nitro groups is 1. The van der Waals surface area contributed by atoms with Crippen LogP contribution in [0.5, 0.6) is 5.75 Å². The number of ether oxygens (including phenoxy) is 1. The number of phenolic OH excluding ortho intramolecular Hbond substituents is 1. The van der Waals surface area contributed by atoms with Crippen LogP contribution in [0.4, 0.5) is 11.4 Å². The summed E-state index contributed by atoms with van der Waals surface area (Å²) in [5, 5.41) is 21.5. The molecule has 0 bridgehead atoms. The molecule has 0 radical (unpaired) electrons. The van der Waals surface area contributed by atoms with Gasteiger partial charge in [0.1, 0.15) is 17.5 Å². The number of sulfonamides is 1. The maximum absolute atomic E-state index is 12.8. The molecule has 0 saturated carbocycles. The van der Waals surface area contributed by atoms with Crippen LogP contribution in [0.1, 0.15) is 25.5 Å². The van der Waals surface area contributed by atoms with E-state index in [1.54, 1.807) is 32.0 Å². The van der Waals surface area contributed by atoms with E-state index in [-0.39, 0.29) is 35.5 Å². The highest BCUT2D eigenvalue weighted by Crippen LogP contribution is 2.35. The van der Waals surface area contributed by atoms with Gasteiger partial charge in [0, 0.05) is 32.2 Å². The number of aromatic hydroxyl groups is 1. The number of nitro benzene ring substituents is 1. The van der Waals surface area contributed by atoms with Crippen molar-refractivity contribution >= 4 is 21.4 Å². The zero-order valence-electron chi connectivity index (χ0n) is 16.9. The van der Waals surface area contributed by atoms with Crippen molar-refractivity contribution < 1.29 is 23.2 Å². The monoisotopic (exact) mass is 435 g/mol. The fraction of sp³-hybridized carbons (Fsp3) is 0.400. The molecule has 0 aliphatic carbocycles. The first-order valence-electron chi connectivity index (χ1n) is 9.72. The Balaban J connectivity index is 1.94. The van der Waals surface area contributed by atoms with Crippen LogP contribution in [-0.2, 0) is 14.8 Å². The minimum absolute atomic E-state index is 0.0977. The fourth-order valence-corrected chi connectivity index (χ4v) is 5.06. The first kappa shape index (κ1) is 22.0. The minimum atomic E-state index is -3.81. The standard InChI is InChI=1S/C20H25N3O6S/c1-3-22(4-2)30(27,28)17-8-9-18(19(13-17)23(25)26)21-10-11-29-20(14-21)15-6-5-7-16(24)12-15/h5-9,12-13,20,24H,3-4,10-11,14H2,1-2H3. The molecular formula is C20H25N3O6S. The van der Waals surface area contributed by atoms with Gasteiger partial charge in [0.25, 0.3) is 5.69 Å². The minimum Gasteiger partial charge on any atom is -0.508 e. The highest BCUT2D eigenvalue weighted by atomic mass is 32.2. The van der Waals surface area contributed by atoms with Crippen molar-refractivity contribution in [1.29, 1.82) is 0 Å². The average molecular weight is 436 g/mol. The number of benzene rings is 2. The van der Waals surface area contributed by atoms with Gasteiger partial charge in [-0.1, -0.05) is 26.0 Å². The summed E-state index contributed by atoms with van der Waals surface area (Å²) in [4.78, 5) is 12.9. The van der Waals surface area contributed by atoms with E-state index in [2.05, 4.69) is 0 Å². The Morgan fingerprint density at radius 2 is 1.97 bits per heavy atom. The second-order valence-electron chi connectivity index (χ2n) is 6.90. The van der Waals surface area contributed by atoms with Crippen molar-refractivity contribution in [2.24, 2.45) is 0 Å². The predicted molar refractivity (Wildman–Crippen MR) is 112 cm³/mol. The lowest BCUT2D eigenvalue weighted by Crippen LogP contribution is -2.38. The SMILES string of the molecule is CCN(CC)S(=O)(=O)c1ccc(N2CCOC(c3cccc(O)c3)C2)c([N+](=O)[O-])c1. The average Bonchev–Trinajstić information content (AvgIpc) is 2.74. The van der Waals surface area contributed by atoms with Crippen molar-refractivity contribution in [2.75, 3.05) is 37.7 Å². The van der Waals surface area contributed by atoms with Crippen LogP contribution < -0.4 is 4.90 Å². The number of hydrogen-bond acceptors (Lipinski definition) is 7. The Hall–Kier alpha value is -2.69. The molecule has 1 fully saturated rings. The van der Waals surface area contributed by atoms with Gasteiger partial charge in [0.2, 0.25) is 10.0 Å². The molecule has 0 aromatic heterocycles. The van der Waals surface area contributed by atoms with E-state index in [0.717, 1.165) is 11.6 Å². The smallest absolute Gasteiger partial charge is 0.293 e. The van der Waals surface area contributed by atoms with E-state index in [1.807, 2.05) is 11.0 Å². The maximum atomic E-state index is 12.8. The summed E-state index contributed by atoms with van der Waals surface area (Å²) in [6.45, 7) is 5.12. The summed E-state index contributed by atoms with van der Waals surface area (Å²) in [5.74, 6) is 0.116. The molecule has 1 saturated heterocycles. The van der Waals surface area contributed by atoms with Gasteiger partial charge >= 0.3 is 0 Å². The molecule has 3 rings (SSSR count). The number of phenols is 1. The van der Waals surface area contributed by atoms with Crippen molar-refractivity contribution in [3.63, 3.8) is 0 Å². The Morgan fingerprint density at radius 1 is 1.23 bits per heavy atom. The molecule has 0 amide bonds. The van der Waals surface area contributed by atoms with E-state index < -0.39 is 14.9 Å². The third kappa shape index (κ3) is 4.40. The van der Waals surface area contributed by atoms with Crippen molar-refractivity contribution in [3.05, 3.63) is 58.1 Å². The van der Waals surface area contributed by atoms with Crippen LogP contribution in [0.15, 0.2) is 47.4 Å². The maximum Gasteiger partial charge on any atom is 0.293 e. The molecule has 30 heavy (non-hydrogen) atoms. The van der Waals surface area contributed by atoms with E-state index in [0.29, 0.717) is 25.4 Å². The summed E-state index contributed by atoms with van der Waals surface area (Å²) < 4.78 is 32.6. The summed E-state index contributed by atoms with van der Waals surface area (Å²) in [5.41, 5.74) is 0.842. The molecule has 2 aromatic rings. The first-order valence-corrected chi connectivity index (χ1v) is 11.2. The summed E-state index contributed by atoms with van der Waals surface area (Å²) >= 11 is 0. The Labute approximate surface area is 175 Å². The van der Waals surface area contributed by atoms with Crippen LogP contribution >= 0.6 is 0 Å². The molecule has 1 N–H and O–H groups in total. The third-order valence-corrected chi connectivity index (χ3v) is 7.18. The largest absolute Gasteiger partial charge is 0.508 e. The van der Waals surface area contributed by atoms with Gasteiger partial charge in [-0.3, -0.25) is 10.1 Å². The summed E-state index contributed by atoms with van der Waals surface area (Å²) in [6, 6.07) is 10.7. The normalized spacial score (nSPS) is 17.3. The van der Waals surface area contributed by atoms with E-state index in [9.17, 15) is 23.6 Å². The van der Waals surface area contributed by atoms with Gasteiger partial charge in [-0.2, -0.15) is 4.31 Å². The molecular weight excluding hydrogens is 410 g/mol. The van der Waals surface area contributed by atoms with Crippen molar-refractivity contribution in [3.8, 4) is 5.75 Å². The zero-order chi connectivity index (χ0) is 21.9. The molecule has 0 spiro atoms. The number of morpholine rings is 1. The number of hydrogen-bond donors (Lipinski definition) is 1. The van der Waals surface area contributed by atoms with E-state index >= 15 is 0 Å². The molecule has 9 nitrogen and oxygen atoms in total. The molecule has 1 aliphatic heterocycles. The van der Waals surface area contributed by atoms with Gasteiger partial charge in [-0.05, 0) is 29.8 Å². The van der Waals surface area contributed by atoms with Crippen LogP contribution in [0.25, 0.3) is 0 Å². The lowest BCUT2D eigenvalue weighted by atomic mass is 10.1. The molecule has 1 unspecified atom stereocenters. The summed E-state index contributed by atoms with van der Waals surface area (Å²) in [6.07, 6.45) is -0.371. The van der Waals surface area contributed by atoms with Crippen LogP contribution in [-0.4, -0.2) is 55.5 Å². The van der Waals surface area contributed by atoms with Gasteiger partial charge in [0.15, 0.2) is 0 Å². The molecule has 162 valence electrons. The molecule has 1 heterocycles. The van der Waals surface area contributed by atoms with Crippen LogP contribution in [0, 0.1) is 10.1 Å². The fourth-order valence-electron chi connectivity index (χ4n) is 3.58. The highest BCUT2D eigenvalue weighted by Gasteiger charge is 2.30. The zero-order valence-corrected chi connectivity index (χ0v) is 17.7. The topological polar surface area (TPSA) is 113 Å². The van der Waals surface area contributed by atoms with Crippen molar-refractivity contribution in [2.45, 2.75) is 24.8 Å². The Bertz CT molecular complexity index is 1020. The molecule has 10 heteroatoms. The third-order valence-electron chi connectivity index (χ3n) is 5.14. The number of anilines is 1. The lowest BCUT2D eigenvalue weighted by molar-refractivity contribution is -0.384. The number of rotatable bonds is 7. The van der Waals surface area contributed by atoms with Gasteiger partial charge in [-0.25, -0.2) is 8.42 Å². The van der Waals surface area contributed by atoms with Gasteiger partial charge in [0.05, 0.1) is 16.4 Å². The van der Waals surface area contributed by atoms with Gasteiger partial charge in [-0.15, -0.1) is 0 Å². The molecule has 2 aromatic carbocycles. The van der Waals surface area contributed by atoms with E-state index in [1.165, 1.54) is 16.4 Å². The van der Waals surface area contributed by atoms with Crippen molar-refractivity contribution in [1.82, 2.24) is 4.31 Å². The van der Waals surface area contributed by atoms with E-state index in [4.69, 9.17) is 4.74 Å². The van der Waals surface area contributed by atoms with Crippen LogP contribution in [0.2, 0.25) is 0 Å². The lowest BCUT2D eigenvalue weighted by Gasteiger charge is -2.34. The molecule has 1 atom stereocenters. The Morgan fingerprint density at radius 3 is 2.60 bits per heavy atom. The van der Waals surface area contributed by atoms with Gasteiger partial charge < -0.3 is 14.7 Å². The highest BCUT2D eigenvalue weighted by molar-refractivity contribution is 7.89. The Kier molecular flexibility index (Phi) is 6.59. The molecule has 1 aliphatic rings. The van der Waals surface area contributed by atoms with Crippen LogP contribution in [0.3, 0.4) is 0 Å². The predicted octanol–water partition coefficient (Wildman–Crippen LogP) is 2.91.